The third-order valence-corrected chi connectivity index (χ3v) is 4.44. The van der Waals surface area contributed by atoms with E-state index >= 15 is 0 Å². The summed E-state index contributed by atoms with van der Waals surface area (Å²) in [5.41, 5.74) is 1.75. The van der Waals surface area contributed by atoms with E-state index in [1.165, 1.54) is 0 Å². The average Bonchev–Trinajstić information content (AvgIpc) is 2.97. The lowest BCUT2D eigenvalue weighted by molar-refractivity contribution is 0.0735. The molecule has 1 aliphatic rings. The first-order valence-electron chi connectivity index (χ1n) is 6.83. The molecule has 1 fully saturated rings. The molecule has 21 heavy (non-hydrogen) atoms. The van der Waals surface area contributed by atoms with Crippen LogP contribution in [0.3, 0.4) is 0 Å². The summed E-state index contributed by atoms with van der Waals surface area (Å²) in [7, 11) is 0. The molecule has 1 aromatic carbocycles. The number of carbonyl (C=O) groups is 1. The molecule has 0 spiro atoms. The highest BCUT2D eigenvalue weighted by atomic mass is 79.9. The minimum Gasteiger partial charge on any atom is -0.332 e. The summed E-state index contributed by atoms with van der Waals surface area (Å²) in [5.74, 6) is 0.0154. The van der Waals surface area contributed by atoms with E-state index in [1.54, 1.807) is 18.3 Å². The number of amides is 1. The molecule has 0 saturated carbocycles. The zero-order valence-corrected chi connectivity index (χ0v) is 13.6. The lowest BCUT2D eigenvalue weighted by Crippen LogP contribution is -2.30. The van der Waals surface area contributed by atoms with Crippen LogP contribution in [0.15, 0.2) is 47.1 Å². The van der Waals surface area contributed by atoms with Gasteiger partial charge < -0.3 is 4.90 Å². The predicted molar refractivity (Wildman–Crippen MR) is 86.4 cm³/mol. The van der Waals surface area contributed by atoms with Crippen molar-refractivity contribution in [3.05, 3.63) is 63.3 Å². The SMILES string of the molecule is O=C(c1ccc(Cl)nc1)N1CCCC1c1cccc(Br)c1. The molecule has 1 saturated heterocycles. The van der Waals surface area contributed by atoms with Crippen LogP contribution in [0.4, 0.5) is 0 Å². The van der Waals surface area contributed by atoms with Crippen LogP contribution in [0, 0.1) is 0 Å². The molecule has 0 radical (unpaired) electrons. The maximum atomic E-state index is 12.7. The number of aromatic nitrogens is 1. The predicted octanol–water partition coefficient (Wildman–Crippen LogP) is 4.47. The van der Waals surface area contributed by atoms with Gasteiger partial charge in [0.1, 0.15) is 5.15 Å². The van der Waals surface area contributed by atoms with E-state index in [2.05, 4.69) is 33.0 Å². The van der Waals surface area contributed by atoms with Crippen LogP contribution >= 0.6 is 27.5 Å². The largest absolute Gasteiger partial charge is 0.332 e. The summed E-state index contributed by atoms with van der Waals surface area (Å²) in [6.07, 6.45) is 3.55. The van der Waals surface area contributed by atoms with Gasteiger partial charge in [0.2, 0.25) is 0 Å². The maximum Gasteiger partial charge on any atom is 0.255 e. The van der Waals surface area contributed by atoms with E-state index in [0.717, 1.165) is 29.4 Å². The molecule has 3 nitrogen and oxygen atoms in total. The maximum absolute atomic E-state index is 12.7. The third-order valence-electron chi connectivity index (χ3n) is 3.72. The molecular formula is C16H14BrClN2O. The normalized spacial score (nSPS) is 18.0. The molecule has 1 amide bonds. The summed E-state index contributed by atoms with van der Waals surface area (Å²) in [4.78, 5) is 18.6. The molecule has 1 aromatic heterocycles. The first kappa shape index (κ1) is 14.5. The van der Waals surface area contributed by atoms with Crippen molar-refractivity contribution in [3.8, 4) is 0 Å². The van der Waals surface area contributed by atoms with E-state index in [1.807, 2.05) is 17.0 Å². The van der Waals surface area contributed by atoms with Crippen LogP contribution in [0.1, 0.15) is 34.8 Å². The molecule has 3 rings (SSSR count). The van der Waals surface area contributed by atoms with Crippen molar-refractivity contribution in [1.29, 1.82) is 0 Å². The Balaban J connectivity index is 1.87. The number of halogens is 2. The van der Waals surface area contributed by atoms with Gasteiger partial charge in [-0.05, 0) is 42.7 Å². The smallest absolute Gasteiger partial charge is 0.255 e. The fourth-order valence-corrected chi connectivity index (χ4v) is 3.27. The number of benzene rings is 1. The number of hydrogen-bond donors (Lipinski definition) is 0. The topological polar surface area (TPSA) is 33.2 Å². The van der Waals surface area contributed by atoms with Gasteiger partial charge in [0.15, 0.2) is 0 Å². The van der Waals surface area contributed by atoms with E-state index in [9.17, 15) is 4.79 Å². The minimum absolute atomic E-state index is 0.0154. The summed E-state index contributed by atoms with van der Waals surface area (Å²) < 4.78 is 1.03. The van der Waals surface area contributed by atoms with Gasteiger partial charge in [-0.3, -0.25) is 4.79 Å². The lowest BCUT2D eigenvalue weighted by atomic mass is 10.0. The second kappa shape index (κ2) is 6.16. The Morgan fingerprint density at radius 1 is 1.33 bits per heavy atom. The molecule has 0 aliphatic carbocycles. The van der Waals surface area contributed by atoms with Crippen LogP contribution in [-0.4, -0.2) is 22.3 Å². The quantitative estimate of drug-likeness (QED) is 0.735. The van der Waals surface area contributed by atoms with Crippen molar-refractivity contribution in [1.82, 2.24) is 9.88 Å². The summed E-state index contributed by atoms with van der Waals surface area (Å²) in [6, 6.07) is 11.7. The Hall–Kier alpha value is -1.39. The van der Waals surface area contributed by atoms with Gasteiger partial charge in [-0.25, -0.2) is 4.98 Å². The van der Waals surface area contributed by atoms with Gasteiger partial charge in [-0.15, -0.1) is 0 Å². The Labute approximate surface area is 137 Å². The van der Waals surface area contributed by atoms with Crippen molar-refractivity contribution >= 4 is 33.4 Å². The van der Waals surface area contributed by atoms with Crippen LogP contribution in [0.5, 0.6) is 0 Å². The van der Waals surface area contributed by atoms with E-state index < -0.39 is 0 Å². The molecule has 1 unspecified atom stereocenters. The highest BCUT2D eigenvalue weighted by molar-refractivity contribution is 9.10. The van der Waals surface area contributed by atoms with Gasteiger partial charge in [0, 0.05) is 17.2 Å². The fraction of sp³-hybridized carbons (Fsp3) is 0.250. The molecule has 2 heterocycles. The van der Waals surface area contributed by atoms with Gasteiger partial charge in [-0.2, -0.15) is 0 Å². The van der Waals surface area contributed by atoms with Crippen molar-refractivity contribution in [2.75, 3.05) is 6.54 Å². The van der Waals surface area contributed by atoms with Crippen LogP contribution in [0.25, 0.3) is 0 Å². The Bertz CT molecular complexity index is 660. The van der Waals surface area contributed by atoms with Gasteiger partial charge in [0.25, 0.3) is 5.91 Å². The second-order valence-corrected chi connectivity index (χ2v) is 6.38. The number of hydrogen-bond acceptors (Lipinski definition) is 2. The molecule has 0 bridgehead atoms. The second-order valence-electron chi connectivity index (χ2n) is 5.08. The zero-order chi connectivity index (χ0) is 14.8. The molecule has 5 heteroatoms. The monoisotopic (exact) mass is 364 g/mol. The van der Waals surface area contributed by atoms with Crippen LogP contribution < -0.4 is 0 Å². The van der Waals surface area contributed by atoms with Crippen molar-refractivity contribution in [2.24, 2.45) is 0 Å². The lowest BCUT2D eigenvalue weighted by Gasteiger charge is -2.25. The first-order valence-corrected chi connectivity index (χ1v) is 8.00. The van der Waals surface area contributed by atoms with Crippen LogP contribution in [0.2, 0.25) is 5.15 Å². The number of rotatable bonds is 2. The standard InChI is InChI=1S/C16H14BrClN2O/c17-13-4-1-3-11(9-13)14-5-2-8-20(14)16(21)12-6-7-15(18)19-10-12/h1,3-4,6-7,9-10,14H,2,5,8H2. The number of pyridine rings is 1. The highest BCUT2D eigenvalue weighted by Crippen LogP contribution is 2.34. The fourth-order valence-electron chi connectivity index (χ4n) is 2.74. The summed E-state index contributed by atoms with van der Waals surface area (Å²) >= 11 is 9.27. The van der Waals surface area contributed by atoms with Gasteiger partial charge in [-0.1, -0.05) is 39.7 Å². The van der Waals surface area contributed by atoms with Gasteiger partial charge >= 0.3 is 0 Å². The van der Waals surface area contributed by atoms with Gasteiger partial charge in [0.05, 0.1) is 11.6 Å². The number of nitrogens with zero attached hydrogens (tertiary/aromatic N) is 2. The Kier molecular flexibility index (Phi) is 4.27. The van der Waals surface area contributed by atoms with Crippen molar-refractivity contribution in [3.63, 3.8) is 0 Å². The molecule has 1 atom stereocenters. The number of carbonyl (C=O) groups excluding carboxylic acids is 1. The van der Waals surface area contributed by atoms with E-state index in [4.69, 9.17) is 11.6 Å². The molecule has 108 valence electrons. The third kappa shape index (κ3) is 3.11. The number of likely N-dealkylation sites (tertiary alicyclic amines) is 1. The highest BCUT2D eigenvalue weighted by Gasteiger charge is 2.30. The molecule has 0 N–H and O–H groups in total. The Morgan fingerprint density at radius 2 is 2.19 bits per heavy atom. The Morgan fingerprint density at radius 3 is 2.90 bits per heavy atom. The zero-order valence-electron chi connectivity index (χ0n) is 11.3. The molecule has 2 aromatic rings. The van der Waals surface area contributed by atoms with E-state index in [-0.39, 0.29) is 11.9 Å². The van der Waals surface area contributed by atoms with E-state index in [0.29, 0.717) is 10.7 Å². The summed E-state index contributed by atoms with van der Waals surface area (Å²) in [5, 5.41) is 0.400. The molecule has 1 aliphatic heterocycles. The average molecular weight is 366 g/mol. The summed E-state index contributed by atoms with van der Waals surface area (Å²) in [6.45, 7) is 0.776. The van der Waals surface area contributed by atoms with Crippen LogP contribution in [-0.2, 0) is 0 Å². The van der Waals surface area contributed by atoms with Crippen molar-refractivity contribution in [2.45, 2.75) is 18.9 Å². The van der Waals surface area contributed by atoms with Crippen molar-refractivity contribution < 1.29 is 4.79 Å². The first-order chi connectivity index (χ1) is 10.1. The minimum atomic E-state index is 0.0154. The molecular weight excluding hydrogens is 352 g/mol.